The van der Waals surface area contributed by atoms with Crippen LogP contribution in [0.4, 0.5) is 0 Å². The van der Waals surface area contributed by atoms with Crippen LogP contribution in [-0.2, 0) is 11.3 Å². The Morgan fingerprint density at radius 1 is 0.971 bits per heavy atom. The summed E-state index contributed by atoms with van der Waals surface area (Å²) in [5, 5.41) is 13.7. The van der Waals surface area contributed by atoms with Crippen LogP contribution >= 0.6 is 11.8 Å². The number of pyridine rings is 1. The molecule has 4 aromatic rings. The van der Waals surface area contributed by atoms with E-state index in [1.165, 1.54) is 11.8 Å². The van der Waals surface area contributed by atoms with Crippen LogP contribution in [0.5, 0.6) is 0 Å². The minimum atomic E-state index is -0.277. The van der Waals surface area contributed by atoms with Gasteiger partial charge in [0.05, 0.1) is 16.5 Å². The Morgan fingerprint density at radius 3 is 2.40 bits per heavy atom. The quantitative estimate of drug-likeness (QED) is 0.284. The third-order valence-corrected chi connectivity index (χ3v) is 6.84. The van der Waals surface area contributed by atoms with Gasteiger partial charge in [0.15, 0.2) is 11.0 Å². The van der Waals surface area contributed by atoms with Gasteiger partial charge in [-0.05, 0) is 45.2 Å². The summed E-state index contributed by atoms with van der Waals surface area (Å²) in [4.78, 5) is 17.5. The molecule has 0 radical (unpaired) electrons. The number of benzene rings is 2. The van der Waals surface area contributed by atoms with E-state index in [1.54, 1.807) is 0 Å². The average molecular weight is 488 g/mol. The van der Waals surface area contributed by atoms with Gasteiger partial charge in [0.1, 0.15) is 0 Å². The number of rotatable bonds is 9. The molecule has 0 saturated carbocycles. The number of hydrogen-bond donors (Lipinski definition) is 1. The second-order valence-corrected chi connectivity index (χ2v) is 10.8. The lowest BCUT2D eigenvalue weighted by Gasteiger charge is -2.16. The predicted octanol–water partition coefficient (Wildman–Crippen LogP) is 6.21. The fraction of sp³-hybridized carbons (Fsp3) is 0.357. The van der Waals surface area contributed by atoms with Crippen LogP contribution in [0.3, 0.4) is 0 Å². The van der Waals surface area contributed by atoms with Crippen molar-refractivity contribution in [3.05, 3.63) is 60.7 Å². The zero-order valence-electron chi connectivity index (χ0n) is 21.0. The molecule has 7 heteroatoms. The van der Waals surface area contributed by atoms with E-state index in [0.717, 1.165) is 51.7 Å². The molecule has 182 valence electrons. The molecule has 0 aliphatic carbocycles. The maximum Gasteiger partial charge on any atom is 0.233 e. The molecule has 0 bridgehead atoms. The lowest BCUT2D eigenvalue weighted by molar-refractivity contribution is -0.120. The highest BCUT2D eigenvalue weighted by Gasteiger charge is 2.23. The van der Waals surface area contributed by atoms with Crippen LogP contribution in [0.2, 0.25) is 0 Å². The van der Waals surface area contributed by atoms with Crippen molar-refractivity contribution < 1.29 is 4.79 Å². The fourth-order valence-electron chi connectivity index (χ4n) is 3.89. The van der Waals surface area contributed by atoms with E-state index in [9.17, 15) is 4.79 Å². The van der Waals surface area contributed by atoms with Crippen molar-refractivity contribution in [2.24, 2.45) is 5.92 Å². The first kappa shape index (κ1) is 24.9. The van der Waals surface area contributed by atoms with Gasteiger partial charge < -0.3 is 9.88 Å². The number of aromatic nitrogens is 4. The molecule has 1 atom stereocenters. The van der Waals surface area contributed by atoms with Crippen molar-refractivity contribution in [3.63, 3.8) is 0 Å². The van der Waals surface area contributed by atoms with E-state index in [-0.39, 0.29) is 17.2 Å². The number of thioether (sulfide) groups is 1. The summed E-state index contributed by atoms with van der Waals surface area (Å²) in [6.45, 7) is 11.1. The summed E-state index contributed by atoms with van der Waals surface area (Å²) in [7, 11) is 0. The Balaban J connectivity index is 1.81. The molecule has 2 aromatic carbocycles. The van der Waals surface area contributed by atoms with Gasteiger partial charge in [-0.2, -0.15) is 0 Å². The zero-order chi connectivity index (χ0) is 24.9. The smallest absolute Gasteiger partial charge is 0.233 e. The molecule has 1 N–H and O–H groups in total. The van der Waals surface area contributed by atoms with Crippen molar-refractivity contribution in [2.45, 2.75) is 64.0 Å². The first-order chi connectivity index (χ1) is 16.8. The average Bonchev–Trinajstić information content (AvgIpc) is 3.24. The molecule has 6 nitrogen and oxygen atoms in total. The Kier molecular flexibility index (Phi) is 7.86. The van der Waals surface area contributed by atoms with Crippen molar-refractivity contribution in [1.29, 1.82) is 0 Å². The lowest BCUT2D eigenvalue weighted by Crippen LogP contribution is -2.36. The van der Waals surface area contributed by atoms with Crippen LogP contribution < -0.4 is 5.32 Å². The standard InChI is InChI=1S/C28H33N5OS/c1-18(2)15-16-33-26(31-32-28(33)35-20(5)27(34)29-19(3)4)23-17-25(21-11-7-6-8-12-21)30-24-14-10-9-13-22(23)24/h6-14,17-20H,15-16H2,1-5H3,(H,29,34). The Labute approximate surface area is 211 Å². The van der Waals surface area contributed by atoms with Gasteiger partial charge >= 0.3 is 0 Å². The molecule has 1 amide bonds. The maximum atomic E-state index is 12.6. The Hall–Kier alpha value is -3.19. The molecular formula is C28H33N5OS. The first-order valence-corrected chi connectivity index (χ1v) is 13.1. The largest absolute Gasteiger partial charge is 0.353 e. The molecule has 0 spiro atoms. The monoisotopic (exact) mass is 487 g/mol. The molecule has 1 unspecified atom stereocenters. The van der Waals surface area contributed by atoms with Gasteiger partial charge in [0.2, 0.25) is 5.91 Å². The van der Waals surface area contributed by atoms with Crippen molar-refractivity contribution in [2.75, 3.05) is 0 Å². The highest BCUT2D eigenvalue weighted by molar-refractivity contribution is 8.00. The molecule has 2 aromatic heterocycles. The van der Waals surface area contributed by atoms with Gasteiger partial charge in [-0.1, -0.05) is 74.1 Å². The van der Waals surface area contributed by atoms with Crippen LogP contribution in [0, 0.1) is 5.92 Å². The third-order valence-electron chi connectivity index (χ3n) is 5.76. The maximum absolute atomic E-state index is 12.6. The minimum absolute atomic E-state index is 0.00526. The van der Waals surface area contributed by atoms with E-state index in [1.807, 2.05) is 57.2 Å². The highest BCUT2D eigenvalue weighted by Crippen LogP contribution is 2.34. The minimum Gasteiger partial charge on any atom is -0.353 e. The number of nitrogens with zero attached hydrogens (tertiary/aromatic N) is 4. The predicted molar refractivity (Wildman–Crippen MR) is 144 cm³/mol. The van der Waals surface area contributed by atoms with E-state index >= 15 is 0 Å². The second kappa shape index (κ2) is 11.0. The number of fused-ring (bicyclic) bond motifs is 1. The van der Waals surface area contributed by atoms with Crippen LogP contribution in [0.1, 0.15) is 41.0 Å². The number of nitrogens with one attached hydrogen (secondary N) is 1. The van der Waals surface area contributed by atoms with E-state index in [0.29, 0.717) is 5.92 Å². The molecule has 4 rings (SSSR count). The van der Waals surface area contributed by atoms with Crippen LogP contribution in [0.15, 0.2) is 65.8 Å². The molecular weight excluding hydrogens is 454 g/mol. The summed E-state index contributed by atoms with van der Waals surface area (Å²) in [5.41, 5.74) is 3.87. The third kappa shape index (κ3) is 5.90. The van der Waals surface area contributed by atoms with Gasteiger partial charge in [0, 0.05) is 29.1 Å². The van der Waals surface area contributed by atoms with Crippen LogP contribution in [0.25, 0.3) is 33.5 Å². The SMILES string of the molecule is CC(C)CCn1c(SC(C)C(=O)NC(C)C)nnc1-c1cc(-c2ccccc2)nc2ccccc12. The lowest BCUT2D eigenvalue weighted by atomic mass is 10.0. The van der Waals surface area contributed by atoms with Crippen molar-refractivity contribution in [1.82, 2.24) is 25.1 Å². The normalized spacial score (nSPS) is 12.4. The van der Waals surface area contributed by atoms with E-state index in [2.05, 4.69) is 58.2 Å². The van der Waals surface area contributed by atoms with Crippen LogP contribution in [-0.4, -0.2) is 36.9 Å². The summed E-state index contributed by atoms with van der Waals surface area (Å²) < 4.78 is 2.17. The summed E-state index contributed by atoms with van der Waals surface area (Å²) in [6.07, 6.45) is 0.986. The molecule has 35 heavy (non-hydrogen) atoms. The topological polar surface area (TPSA) is 72.7 Å². The number of carbonyl (C=O) groups excluding carboxylic acids is 1. The summed E-state index contributed by atoms with van der Waals surface area (Å²) in [6, 6.07) is 20.6. The molecule has 2 heterocycles. The van der Waals surface area contributed by atoms with Crippen molar-refractivity contribution in [3.8, 4) is 22.6 Å². The van der Waals surface area contributed by atoms with E-state index in [4.69, 9.17) is 4.98 Å². The number of amides is 1. The van der Waals surface area contributed by atoms with Crippen molar-refractivity contribution >= 4 is 28.6 Å². The van der Waals surface area contributed by atoms with Gasteiger partial charge in [0.25, 0.3) is 0 Å². The Bertz CT molecular complexity index is 1300. The Morgan fingerprint density at radius 2 is 1.69 bits per heavy atom. The molecule has 0 aliphatic heterocycles. The first-order valence-electron chi connectivity index (χ1n) is 12.2. The van der Waals surface area contributed by atoms with Gasteiger partial charge in [-0.3, -0.25) is 4.79 Å². The van der Waals surface area contributed by atoms with Gasteiger partial charge in [-0.15, -0.1) is 10.2 Å². The summed E-state index contributed by atoms with van der Waals surface area (Å²) >= 11 is 1.46. The fourth-order valence-corrected chi connectivity index (χ4v) is 4.78. The molecule has 0 saturated heterocycles. The zero-order valence-corrected chi connectivity index (χ0v) is 21.8. The second-order valence-electron chi connectivity index (χ2n) is 9.50. The number of para-hydroxylation sites is 1. The molecule has 0 fully saturated rings. The van der Waals surface area contributed by atoms with E-state index < -0.39 is 0 Å². The molecule has 0 aliphatic rings. The van der Waals surface area contributed by atoms with Gasteiger partial charge in [-0.25, -0.2) is 4.98 Å². The number of carbonyl (C=O) groups is 1. The number of hydrogen-bond acceptors (Lipinski definition) is 5. The highest BCUT2D eigenvalue weighted by atomic mass is 32.2. The summed E-state index contributed by atoms with van der Waals surface area (Å²) in [5.74, 6) is 1.34.